The van der Waals surface area contributed by atoms with Gasteiger partial charge in [-0.1, -0.05) is 42.5 Å². The molecule has 1 saturated carbocycles. The maximum absolute atomic E-state index is 13.6. The minimum atomic E-state index is -3.26. The zero-order valence-corrected chi connectivity index (χ0v) is 25.1. The first kappa shape index (κ1) is 30.6. The number of nitrogens with one attached hydrogen (secondary N) is 1. The number of halogens is 2. The van der Waals surface area contributed by atoms with Gasteiger partial charge in [0.25, 0.3) is 0 Å². The molecule has 0 aromatic heterocycles. The highest BCUT2D eigenvalue weighted by molar-refractivity contribution is 7.90. The van der Waals surface area contributed by atoms with Crippen molar-refractivity contribution in [2.24, 2.45) is 11.3 Å². The Morgan fingerprint density at radius 2 is 1.57 bits per heavy atom. The maximum atomic E-state index is 13.6. The highest BCUT2D eigenvalue weighted by Crippen LogP contribution is 2.42. The molecule has 1 spiro atoms. The zero-order chi connectivity index (χ0) is 30.0. The van der Waals surface area contributed by atoms with Crippen molar-refractivity contribution < 1.29 is 26.8 Å². The van der Waals surface area contributed by atoms with E-state index in [1.54, 1.807) is 24.3 Å². The normalized spacial score (nSPS) is 21.9. The van der Waals surface area contributed by atoms with E-state index in [1.165, 1.54) is 6.26 Å². The second-order valence-electron chi connectivity index (χ2n) is 12.4. The number of carbonyl (C=O) groups is 2. The molecule has 2 aliphatic heterocycles. The van der Waals surface area contributed by atoms with Crippen molar-refractivity contribution in [1.82, 2.24) is 15.1 Å². The molecule has 3 fully saturated rings. The molecule has 3 aliphatic rings. The van der Waals surface area contributed by atoms with E-state index in [9.17, 15) is 26.8 Å². The van der Waals surface area contributed by atoms with E-state index < -0.39 is 15.8 Å². The SMILES string of the molecule is CS(=O)(=O)c1ccc(CN2CCC3(CCN(CC[C@H](NC(=O)C4CCC(F)(F)CC4)c4ccccc4)CC3)C2=O)cc1. The number of alkyl halides is 2. The smallest absolute Gasteiger partial charge is 0.248 e. The number of sulfone groups is 1. The van der Waals surface area contributed by atoms with Crippen LogP contribution in [0.4, 0.5) is 8.78 Å². The third-order valence-electron chi connectivity index (χ3n) is 9.48. The number of piperidine rings is 1. The molecular weight excluding hydrogens is 560 g/mol. The van der Waals surface area contributed by atoms with Crippen LogP contribution in [0.2, 0.25) is 0 Å². The molecule has 7 nitrogen and oxygen atoms in total. The van der Waals surface area contributed by atoms with E-state index in [0.717, 1.165) is 50.0 Å². The average Bonchev–Trinajstić information content (AvgIpc) is 3.26. The molecular formula is C32H41F2N3O4S. The van der Waals surface area contributed by atoms with Crippen LogP contribution in [0.15, 0.2) is 59.5 Å². The standard InChI is InChI=1S/C32H41F2N3O4S/c1-42(40,41)27-9-7-24(8-10-27)23-37-22-18-31(30(37)39)16-20-36(21-17-31)19-13-28(25-5-3-2-4-6-25)35-29(38)26-11-14-32(33,34)15-12-26/h2-10,26,28H,11-23H2,1H3,(H,35,38)/t28-/m0/s1. The first-order valence-corrected chi connectivity index (χ1v) is 16.9. The van der Waals surface area contributed by atoms with Crippen LogP contribution in [0.1, 0.15) is 68.5 Å². The lowest BCUT2D eigenvalue weighted by Gasteiger charge is -2.38. The summed E-state index contributed by atoms with van der Waals surface area (Å²) in [6, 6.07) is 16.4. The summed E-state index contributed by atoms with van der Waals surface area (Å²) in [5, 5.41) is 3.16. The Balaban J connectivity index is 1.14. The Hall–Kier alpha value is -2.85. The Morgan fingerprint density at radius 1 is 0.952 bits per heavy atom. The van der Waals surface area contributed by atoms with Gasteiger partial charge in [0.1, 0.15) is 0 Å². The fourth-order valence-electron chi connectivity index (χ4n) is 6.69. The molecule has 0 radical (unpaired) electrons. The molecule has 42 heavy (non-hydrogen) atoms. The second kappa shape index (κ2) is 12.4. The van der Waals surface area contributed by atoms with Gasteiger partial charge in [-0.25, -0.2) is 17.2 Å². The van der Waals surface area contributed by atoms with Crippen LogP contribution in [0.5, 0.6) is 0 Å². The molecule has 1 atom stereocenters. The van der Waals surface area contributed by atoms with Gasteiger partial charge in [-0.3, -0.25) is 9.59 Å². The number of benzene rings is 2. The lowest BCUT2D eigenvalue weighted by Crippen LogP contribution is -2.45. The molecule has 2 saturated heterocycles. The summed E-state index contributed by atoms with van der Waals surface area (Å²) >= 11 is 0. The molecule has 2 amide bonds. The third kappa shape index (κ3) is 7.19. The van der Waals surface area contributed by atoms with Crippen LogP contribution < -0.4 is 5.32 Å². The molecule has 1 N–H and O–H groups in total. The van der Waals surface area contributed by atoms with Crippen molar-refractivity contribution in [1.29, 1.82) is 0 Å². The third-order valence-corrected chi connectivity index (χ3v) is 10.6. The summed E-state index contributed by atoms with van der Waals surface area (Å²) in [6.45, 7) is 3.54. The average molecular weight is 602 g/mol. The highest BCUT2D eigenvalue weighted by Gasteiger charge is 2.48. The summed E-state index contributed by atoms with van der Waals surface area (Å²) in [6.07, 6.45) is 4.24. The first-order chi connectivity index (χ1) is 19.9. The summed E-state index contributed by atoms with van der Waals surface area (Å²) in [5.41, 5.74) is 1.58. The number of hydrogen-bond acceptors (Lipinski definition) is 5. The van der Waals surface area contributed by atoms with Crippen LogP contribution in [0.3, 0.4) is 0 Å². The van der Waals surface area contributed by atoms with Gasteiger partial charge in [0.05, 0.1) is 16.4 Å². The number of hydrogen-bond donors (Lipinski definition) is 1. The van der Waals surface area contributed by atoms with Crippen molar-refractivity contribution in [3.8, 4) is 0 Å². The molecule has 2 aromatic rings. The van der Waals surface area contributed by atoms with Gasteiger partial charge in [0, 0.05) is 44.6 Å². The Morgan fingerprint density at radius 3 is 2.19 bits per heavy atom. The van der Waals surface area contributed by atoms with E-state index in [0.29, 0.717) is 19.5 Å². The zero-order valence-electron chi connectivity index (χ0n) is 24.2. The Labute approximate surface area is 247 Å². The maximum Gasteiger partial charge on any atom is 0.248 e. The molecule has 0 unspecified atom stereocenters. The summed E-state index contributed by atoms with van der Waals surface area (Å²) < 4.78 is 50.7. The lowest BCUT2D eigenvalue weighted by atomic mass is 9.77. The monoisotopic (exact) mass is 601 g/mol. The quantitative estimate of drug-likeness (QED) is 0.438. The van der Waals surface area contributed by atoms with Gasteiger partial charge in [-0.05, 0) is 74.9 Å². The minimum absolute atomic E-state index is 0.139. The fourth-order valence-corrected chi connectivity index (χ4v) is 7.32. The van der Waals surface area contributed by atoms with Crippen LogP contribution >= 0.6 is 0 Å². The van der Waals surface area contributed by atoms with Crippen LogP contribution in [-0.4, -0.2) is 68.4 Å². The summed E-state index contributed by atoms with van der Waals surface area (Å²) in [7, 11) is -3.26. The molecule has 5 rings (SSSR count). The number of likely N-dealkylation sites (tertiary alicyclic amines) is 2. The van der Waals surface area contributed by atoms with Gasteiger partial charge in [0.15, 0.2) is 9.84 Å². The van der Waals surface area contributed by atoms with Gasteiger partial charge in [-0.2, -0.15) is 0 Å². The molecule has 2 aromatic carbocycles. The van der Waals surface area contributed by atoms with E-state index in [4.69, 9.17) is 0 Å². The molecule has 0 bridgehead atoms. The predicted molar refractivity (Wildman–Crippen MR) is 157 cm³/mol. The van der Waals surface area contributed by atoms with E-state index in [2.05, 4.69) is 10.2 Å². The largest absolute Gasteiger partial charge is 0.349 e. The number of amides is 2. The number of rotatable bonds is 9. The van der Waals surface area contributed by atoms with Crippen LogP contribution in [0.25, 0.3) is 0 Å². The number of nitrogens with zero attached hydrogens (tertiary/aromatic N) is 2. The second-order valence-corrected chi connectivity index (χ2v) is 14.4. The van der Waals surface area contributed by atoms with Crippen molar-refractivity contribution in [2.75, 3.05) is 32.4 Å². The molecule has 10 heteroatoms. The number of carbonyl (C=O) groups excluding carboxylic acids is 2. The Bertz CT molecular complexity index is 1350. The van der Waals surface area contributed by atoms with Gasteiger partial charge >= 0.3 is 0 Å². The van der Waals surface area contributed by atoms with E-state index >= 15 is 0 Å². The molecule has 2 heterocycles. The predicted octanol–water partition coefficient (Wildman–Crippen LogP) is 4.98. The van der Waals surface area contributed by atoms with Crippen LogP contribution in [-0.2, 0) is 26.0 Å². The van der Waals surface area contributed by atoms with Gasteiger partial charge in [-0.15, -0.1) is 0 Å². The molecule has 228 valence electrons. The van der Waals surface area contributed by atoms with Gasteiger partial charge in [0.2, 0.25) is 17.7 Å². The van der Waals surface area contributed by atoms with Crippen molar-refractivity contribution >= 4 is 21.7 Å². The van der Waals surface area contributed by atoms with Crippen molar-refractivity contribution in [3.05, 3.63) is 65.7 Å². The first-order valence-electron chi connectivity index (χ1n) is 15.0. The van der Waals surface area contributed by atoms with E-state index in [-0.39, 0.29) is 59.8 Å². The van der Waals surface area contributed by atoms with Crippen LogP contribution in [0, 0.1) is 11.3 Å². The minimum Gasteiger partial charge on any atom is -0.349 e. The highest BCUT2D eigenvalue weighted by atomic mass is 32.2. The molecule has 1 aliphatic carbocycles. The van der Waals surface area contributed by atoms with Gasteiger partial charge < -0.3 is 15.1 Å². The summed E-state index contributed by atoms with van der Waals surface area (Å²) in [5.74, 6) is -2.99. The lowest BCUT2D eigenvalue weighted by molar-refractivity contribution is -0.139. The fraction of sp³-hybridized carbons (Fsp3) is 0.562. The Kier molecular flexibility index (Phi) is 9.04. The summed E-state index contributed by atoms with van der Waals surface area (Å²) in [4.78, 5) is 31.1. The van der Waals surface area contributed by atoms with E-state index in [1.807, 2.05) is 35.2 Å². The van der Waals surface area contributed by atoms with Crippen molar-refractivity contribution in [2.45, 2.75) is 74.8 Å². The topological polar surface area (TPSA) is 86.8 Å². The van der Waals surface area contributed by atoms with Crippen molar-refractivity contribution in [3.63, 3.8) is 0 Å².